The zero-order valence-corrected chi connectivity index (χ0v) is 15.3. The molecule has 0 unspecified atom stereocenters. The predicted octanol–water partition coefficient (Wildman–Crippen LogP) is 1.25. The number of rotatable bonds is 4. The van der Waals surface area contributed by atoms with E-state index in [9.17, 15) is 0 Å². The van der Waals surface area contributed by atoms with Crippen LogP contribution in [0.1, 0.15) is 36.1 Å². The summed E-state index contributed by atoms with van der Waals surface area (Å²) in [6.45, 7) is 3.75. The van der Waals surface area contributed by atoms with Gasteiger partial charge >= 0.3 is 0 Å². The van der Waals surface area contributed by atoms with Crippen molar-refractivity contribution in [3.63, 3.8) is 0 Å². The molecule has 1 aliphatic rings. The van der Waals surface area contributed by atoms with E-state index >= 15 is 0 Å². The van der Waals surface area contributed by atoms with Crippen LogP contribution in [0.4, 0.5) is 0 Å². The molecule has 8 nitrogen and oxygen atoms in total. The highest BCUT2D eigenvalue weighted by molar-refractivity contribution is 6.01. The molecule has 0 fully saturated rings. The van der Waals surface area contributed by atoms with Crippen molar-refractivity contribution >= 4 is 23.3 Å². The van der Waals surface area contributed by atoms with Crippen molar-refractivity contribution in [3.05, 3.63) is 58.7 Å². The van der Waals surface area contributed by atoms with Gasteiger partial charge in [-0.3, -0.25) is 0 Å². The first-order chi connectivity index (χ1) is 12.8. The average molecular weight is 362 g/mol. The van der Waals surface area contributed by atoms with E-state index in [0.29, 0.717) is 0 Å². The predicted molar refractivity (Wildman–Crippen MR) is 111 cm³/mol. The number of nitrogens with two attached hydrogens (primary N) is 4. The van der Waals surface area contributed by atoms with Crippen molar-refractivity contribution in [3.8, 4) is 11.1 Å². The van der Waals surface area contributed by atoms with Crippen LogP contribution in [-0.2, 0) is 6.42 Å². The Bertz CT molecular complexity index is 925. The highest BCUT2D eigenvalue weighted by atomic mass is 15.3. The Kier molecular flexibility index (Phi) is 4.89. The molecular formula is C19H22N8. The molecule has 2 aromatic rings. The van der Waals surface area contributed by atoms with Crippen LogP contribution in [0.2, 0.25) is 0 Å². The molecule has 0 saturated heterocycles. The first-order valence-corrected chi connectivity index (χ1v) is 8.38. The number of fused-ring (bicyclic) bond motifs is 3. The van der Waals surface area contributed by atoms with Gasteiger partial charge in [-0.25, -0.2) is 0 Å². The molecule has 8 heteroatoms. The maximum Gasteiger partial charge on any atom is 0.211 e. The van der Waals surface area contributed by atoms with Crippen LogP contribution in [0.15, 0.2) is 56.8 Å². The fourth-order valence-electron chi connectivity index (χ4n) is 3.04. The smallest absolute Gasteiger partial charge is 0.211 e. The summed E-state index contributed by atoms with van der Waals surface area (Å²) in [5.41, 5.74) is 29.7. The van der Waals surface area contributed by atoms with Gasteiger partial charge in [0.1, 0.15) is 0 Å². The fraction of sp³-hybridized carbons (Fsp3) is 0.158. The van der Waals surface area contributed by atoms with E-state index in [2.05, 4.69) is 44.7 Å². The maximum atomic E-state index is 5.33. The zero-order chi connectivity index (χ0) is 19.6. The summed E-state index contributed by atoms with van der Waals surface area (Å²) >= 11 is 0. The van der Waals surface area contributed by atoms with Crippen molar-refractivity contribution < 1.29 is 0 Å². The molecule has 8 N–H and O–H groups in total. The quantitative estimate of drug-likeness (QED) is 0.313. The molecule has 0 heterocycles. The normalized spacial score (nSPS) is 13.0. The molecular weight excluding hydrogens is 340 g/mol. The van der Waals surface area contributed by atoms with Crippen molar-refractivity contribution in [2.24, 2.45) is 43.3 Å². The lowest BCUT2D eigenvalue weighted by atomic mass is 10.0. The van der Waals surface area contributed by atoms with Crippen LogP contribution in [0.25, 0.3) is 11.1 Å². The van der Waals surface area contributed by atoms with Crippen LogP contribution in [-0.4, -0.2) is 23.3 Å². The first kappa shape index (κ1) is 18.1. The van der Waals surface area contributed by atoms with Gasteiger partial charge in [-0.2, -0.15) is 10.2 Å². The molecule has 3 rings (SSSR count). The van der Waals surface area contributed by atoms with Crippen LogP contribution in [0.5, 0.6) is 0 Å². The monoisotopic (exact) mass is 362 g/mol. The molecule has 0 aromatic heterocycles. The third kappa shape index (κ3) is 3.95. The Balaban J connectivity index is 1.92. The Morgan fingerprint density at radius 2 is 1.07 bits per heavy atom. The lowest BCUT2D eigenvalue weighted by Crippen LogP contribution is -2.22. The van der Waals surface area contributed by atoms with Crippen molar-refractivity contribution in [1.29, 1.82) is 0 Å². The molecule has 0 radical (unpaired) electrons. The molecule has 1 aliphatic carbocycles. The van der Waals surface area contributed by atoms with Gasteiger partial charge in [-0.15, -0.1) is 10.2 Å². The maximum absolute atomic E-state index is 5.33. The third-order valence-electron chi connectivity index (χ3n) is 4.35. The third-order valence-corrected chi connectivity index (χ3v) is 4.35. The Morgan fingerprint density at radius 3 is 1.44 bits per heavy atom. The lowest BCUT2D eigenvalue weighted by molar-refractivity contribution is 1.19. The highest BCUT2D eigenvalue weighted by Crippen LogP contribution is 2.37. The summed E-state index contributed by atoms with van der Waals surface area (Å²) in [6.07, 6.45) is 0.831. The summed E-state index contributed by atoms with van der Waals surface area (Å²) in [7, 11) is 0. The minimum absolute atomic E-state index is 0.0618. The van der Waals surface area contributed by atoms with E-state index in [1.807, 2.05) is 26.0 Å². The van der Waals surface area contributed by atoms with Crippen LogP contribution >= 0.6 is 0 Å². The molecule has 2 aromatic carbocycles. The van der Waals surface area contributed by atoms with Crippen LogP contribution < -0.4 is 22.9 Å². The molecule has 0 atom stereocenters. The second-order valence-corrected chi connectivity index (χ2v) is 6.34. The van der Waals surface area contributed by atoms with Crippen molar-refractivity contribution in [2.45, 2.75) is 20.3 Å². The minimum atomic E-state index is -0.0618. The second kappa shape index (κ2) is 7.28. The number of hydrogen-bond donors (Lipinski definition) is 4. The first-order valence-electron chi connectivity index (χ1n) is 8.38. The highest BCUT2D eigenvalue weighted by Gasteiger charge is 2.19. The number of hydrogen-bond acceptors (Lipinski definition) is 4. The Hall–Kier alpha value is -3.68. The Morgan fingerprint density at radius 1 is 0.667 bits per heavy atom. The molecule has 0 amide bonds. The summed E-state index contributed by atoms with van der Waals surface area (Å²) in [5, 5.41) is 15.5. The molecule has 27 heavy (non-hydrogen) atoms. The van der Waals surface area contributed by atoms with Crippen LogP contribution in [0, 0.1) is 0 Å². The molecule has 0 aliphatic heterocycles. The fourth-order valence-corrected chi connectivity index (χ4v) is 3.04. The van der Waals surface area contributed by atoms with E-state index in [-0.39, 0.29) is 11.9 Å². The van der Waals surface area contributed by atoms with Gasteiger partial charge in [0.15, 0.2) is 0 Å². The number of guanidine groups is 2. The molecule has 0 spiro atoms. The van der Waals surface area contributed by atoms with Crippen molar-refractivity contribution in [2.75, 3.05) is 0 Å². The SMILES string of the molecule is CC(=NN=C(N)N)c1ccc2c(c1)Cc1cc(C(C)=NN=C(N)N)ccc1-2. The van der Waals surface area contributed by atoms with Crippen molar-refractivity contribution in [1.82, 2.24) is 0 Å². The van der Waals surface area contributed by atoms with E-state index in [4.69, 9.17) is 22.9 Å². The van der Waals surface area contributed by atoms with Gasteiger partial charge in [0.2, 0.25) is 11.9 Å². The topological polar surface area (TPSA) is 154 Å². The standard InChI is InChI=1S/C19H22N8/c1-10(24-26-18(20)21)12-3-5-16-14(7-12)9-15-8-13(4-6-17(15)16)11(2)25-27-19(22)23/h3-8H,9H2,1-2H3,(H4,20,21,26)(H4,22,23,27). The molecule has 0 bridgehead atoms. The van der Waals surface area contributed by atoms with Gasteiger partial charge in [0.05, 0.1) is 11.4 Å². The van der Waals surface area contributed by atoms with Gasteiger partial charge in [-0.1, -0.05) is 24.3 Å². The summed E-state index contributed by atoms with van der Waals surface area (Å²) in [5.74, 6) is -0.124. The summed E-state index contributed by atoms with van der Waals surface area (Å²) < 4.78 is 0. The second-order valence-electron chi connectivity index (χ2n) is 6.34. The van der Waals surface area contributed by atoms with Gasteiger partial charge < -0.3 is 22.9 Å². The van der Waals surface area contributed by atoms with Gasteiger partial charge in [0.25, 0.3) is 0 Å². The summed E-state index contributed by atoms with van der Waals surface area (Å²) in [4.78, 5) is 0. The van der Waals surface area contributed by atoms with E-state index < -0.39 is 0 Å². The summed E-state index contributed by atoms with van der Waals surface area (Å²) in [6, 6.07) is 12.5. The number of benzene rings is 2. The molecule has 138 valence electrons. The van der Waals surface area contributed by atoms with E-state index in [0.717, 1.165) is 29.0 Å². The minimum Gasteiger partial charge on any atom is -0.369 e. The van der Waals surface area contributed by atoms with Gasteiger partial charge in [0, 0.05) is 0 Å². The number of nitrogens with zero attached hydrogens (tertiary/aromatic N) is 4. The van der Waals surface area contributed by atoms with E-state index in [1.54, 1.807) is 0 Å². The zero-order valence-electron chi connectivity index (χ0n) is 15.3. The Labute approximate surface area is 157 Å². The van der Waals surface area contributed by atoms with Gasteiger partial charge in [-0.05, 0) is 65.8 Å². The average Bonchev–Trinajstić information content (AvgIpc) is 3.00. The van der Waals surface area contributed by atoms with Crippen LogP contribution in [0.3, 0.4) is 0 Å². The molecule has 0 saturated carbocycles. The largest absolute Gasteiger partial charge is 0.369 e. The lowest BCUT2D eigenvalue weighted by Gasteiger charge is -2.05. The van der Waals surface area contributed by atoms with E-state index in [1.165, 1.54) is 22.3 Å².